The van der Waals surface area contributed by atoms with E-state index < -0.39 is 14.6 Å². The molecule has 0 aliphatic heterocycles. The van der Waals surface area contributed by atoms with Gasteiger partial charge in [-0.15, -0.1) is 0 Å². The highest BCUT2D eigenvalue weighted by Gasteiger charge is 2.28. The highest BCUT2D eigenvalue weighted by atomic mass is 32.2. The second-order valence-corrected chi connectivity index (χ2v) is 12.3. The summed E-state index contributed by atoms with van der Waals surface area (Å²) in [5, 5.41) is 1.68. The molecule has 4 rings (SSSR count). The molecular weight excluding hydrogens is 444 g/mol. The third-order valence-corrected chi connectivity index (χ3v) is 8.79. The summed E-state index contributed by atoms with van der Waals surface area (Å²) in [5.41, 5.74) is 1.74. The summed E-state index contributed by atoms with van der Waals surface area (Å²) in [6.45, 7) is 7.92. The lowest BCUT2D eigenvalue weighted by Gasteiger charge is -2.19. The molecule has 4 aromatic rings. The molecule has 168 valence electrons. The predicted octanol–water partition coefficient (Wildman–Crippen LogP) is 4.99. The molecule has 9 heteroatoms. The van der Waals surface area contributed by atoms with Gasteiger partial charge in [0.15, 0.2) is 15.0 Å². The van der Waals surface area contributed by atoms with Gasteiger partial charge in [-0.3, -0.25) is 4.90 Å². The van der Waals surface area contributed by atoms with Crippen molar-refractivity contribution < 1.29 is 13.2 Å². The Hall–Kier alpha value is -2.78. The molecule has 0 aliphatic rings. The molecule has 0 spiro atoms. The van der Waals surface area contributed by atoms with Crippen LogP contribution >= 0.6 is 11.3 Å². The van der Waals surface area contributed by atoms with Crippen LogP contribution in [0.15, 0.2) is 48.7 Å². The summed E-state index contributed by atoms with van der Waals surface area (Å²) >= 11 is 1.61. The molecule has 0 aliphatic carbocycles. The van der Waals surface area contributed by atoms with Crippen LogP contribution in [0.3, 0.4) is 0 Å². The van der Waals surface area contributed by atoms with E-state index in [9.17, 15) is 8.42 Å². The van der Waals surface area contributed by atoms with E-state index in [4.69, 9.17) is 14.7 Å². The maximum Gasteiger partial charge on any atom is 0.232 e. The van der Waals surface area contributed by atoms with Crippen molar-refractivity contribution in [2.45, 2.75) is 32.4 Å². The first kappa shape index (κ1) is 22.4. The molecule has 0 radical (unpaired) electrons. The van der Waals surface area contributed by atoms with Gasteiger partial charge in [-0.2, -0.15) is 0 Å². The molecule has 0 saturated heterocycles. The molecule has 0 saturated carbocycles. The number of para-hydroxylation sites is 1. The number of rotatable bonds is 7. The van der Waals surface area contributed by atoms with Crippen molar-refractivity contribution in [3.8, 4) is 5.75 Å². The Balaban J connectivity index is 1.53. The molecule has 0 unspecified atom stereocenters. The van der Waals surface area contributed by atoms with Gasteiger partial charge in [0.2, 0.25) is 5.95 Å². The number of hydrogen-bond acceptors (Lipinski definition) is 8. The molecule has 0 bridgehead atoms. The molecule has 2 heterocycles. The molecule has 2 aromatic heterocycles. The molecule has 0 N–H and O–H groups in total. The Morgan fingerprint density at radius 2 is 1.84 bits per heavy atom. The number of anilines is 2. The predicted molar refractivity (Wildman–Crippen MR) is 131 cm³/mol. The molecule has 0 atom stereocenters. The molecular formula is C23H26N4O3S2. The van der Waals surface area contributed by atoms with Crippen LogP contribution in [0.2, 0.25) is 0 Å². The summed E-state index contributed by atoms with van der Waals surface area (Å²) in [4.78, 5) is 16.0. The quantitative estimate of drug-likeness (QED) is 0.376. The van der Waals surface area contributed by atoms with E-state index in [-0.39, 0.29) is 12.4 Å². The van der Waals surface area contributed by atoms with Gasteiger partial charge in [-0.25, -0.2) is 23.4 Å². The van der Waals surface area contributed by atoms with Crippen LogP contribution in [0, 0.1) is 0 Å². The normalized spacial score (nSPS) is 12.4. The van der Waals surface area contributed by atoms with Gasteiger partial charge in [0.25, 0.3) is 0 Å². The maximum atomic E-state index is 12.2. The fourth-order valence-electron chi connectivity index (χ4n) is 3.13. The summed E-state index contributed by atoms with van der Waals surface area (Å²) in [6.07, 6.45) is 1.76. The molecule has 32 heavy (non-hydrogen) atoms. The summed E-state index contributed by atoms with van der Waals surface area (Å²) < 4.78 is 30.5. The highest BCUT2D eigenvalue weighted by Crippen LogP contribution is 2.32. The van der Waals surface area contributed by atoms with Crippen molar-refractivity contribution in [1.29, 1.82) is 0 Å². The van der Waals surface area contributed by atoms with E-state index in [1.807, 2.05) is 42.2 Å². The average Bonchev–Trinajstić information content (AvgIpc) is 3.17. The number of ether oxygens (including phenoxy) is 1. The van der Waals surface area contributed by atoms with Gasteiger partial charge >= 0.3 is 0 Å². The van der Waals surface area contributed by atoms with E-state index in [1.165, 1.54) is 0 Å². The van der Waals surface area contributed by atoms with Crippen molar-refractivity contribution in [3.63, 3.8) is 0 Å². The number of aromatic nitrogens is 3. The Kier molecular flexibility index (Phi) is 6.05. The van der Waals surface area contributed by atoms with Crippen molar-refractivity contribution in [2.24, 2.45) is 0 Å². The number of hydrogen-bond donors (Lipinski definition) is 0. The minimum absolute atomic E-state index is 0.0302. The van der Waals surface area contributed by atoms with Gasteiger partial charge in [0.05, 0.1) is 26.2 Å². The van der Waals surface area contributed by atoms with E-state index in [0.717, 1.165) is 26.3 Å². The first-order valence-electron chi connectivity index (χ1n) is 10.4. The van der Waals surface area contributed by atoms with Gasteiger partial charge in [-0.05, 0) is 58.0 Å². The van der Waals surface area contributed by atoms with Crippen LogP contribution in [0.1, 0.15) is 27.7 Å². The number of benzene rings is 2. The van der Waals surface area contributed by atoms with Crippen molar-refractivity contribution in [2.75, 3.05) is 23.8 Å². The third kappa shape index (κ3) is 4.54. The zero-order valence-electron chi connectivity index (χ0n) is 18.6. The third-order valence-electron chi connectivity index (χ3n) is 5.16. The SMILES string of the molecule is CCN(c1ncc2cc(OCCS(=O)(=O)C(C)(C)C)ccc2n1)c1nc2ccccc2s1. The fraction of sp³-hybridized carbons (Fsp3) is 0.348. The lowest BCUT2D eigenvalue weighted by molar-refractivity contribution is 0.340. The van der Waals surface area contributed by atoms with Crippen molar-refractivity contribution >= 4 is 53.4 Å². The van der Waals surface area contributed by atoms with Crippen LogP contribution in [0.25, 0.3) is 21.1 Å². The summed E-state index contributed by atoms with van der Waals surface area (Å²) in [7, 11) is -3.22. The molecule has 7 nitrogen and oxygen atoms in total. The molecule has 2 aromatic carbocycles. The van der Waals surface area contributed by atoms with E-state index in [0.29, 0.717) is 18.2 Å². The molecule has 0 fully saturated rings. The first-order valence-corrected chi connectivity index (χ1v) is 12.9. The largest absolute Gasteiger partial charge is 0.493 e. The van der Waals surface area contributed by atoms with Gasteiger partial charge in [-0.1, -0.05) is 23.5 Å². The van der Waals surface area contributed by atoms with Crippen molar-refractivity contribution in [1.82, 2.24) is 15.0 Å². The lowest BCUT2D eigenvalue weighted by Crippen LogP contribution is -2.32. The Bertz CT molecular complexity index is 1330. The zero-order valence-corrected chi connectivity index (χ0v) is 20.2. The Morgan fingerprint density at radius 3 is 2.56 bits per heavy atom. The van der Waals surface area contributed by atoms with Gasteiger partial charge in [0.1, 0.15) is 12.4 Å². The standard InChI is InChI=1S/C23H26N4O3S2/c1-5-27(22-26-19-8-6-7-9-20(19)31-22)21-24-15-16-14-17(10-11-18(16)25-21)30-12-13-32(28,29)23(2,3)4/h6-11,14-15H,5,12-13H2,1-4H3. The lowest BCUT2D eigenvalue weighted by atomic mass is 10.2. The fourth-order valence-corrected chi connectivity index (χ4v) is 5.08. The summed E-state index contributed by atoms with van der Waals surface area (Å²) in [5.74, 6) is 1.15. The maximum absolute atomic E-state index is 12.2. The first-order chi connectivity index (χ1) is 15.2. The monoisotopic (exact) mass is 470 g/mol. The van der Waals surface area contributed by atoms with Crippen molar-refractivity contribution in [3.05, 3.63) is 48.7 Å². The number of thiazole rings is 1. The highest BCUT2D eigenvalue weighted by molar-refractivity contribution is 7.92. The van der Waals surface area contributed by atoms with E-state index in [2.05, 4.69) is 11.1 Å². The van der Waals surface area contributed by atoms with Crippen LogP contribution in [0.4, 0.5) is 11.1 Å². The van der Waals surface area contributed by atoms with Crippen LogP contribution < -0.4 is 9.64 Å². The minimum Gasteiger partial charge on any atom is -0.493 e. The van der Waals surface area contributed by atoms with Gasteiger partial charge < -0.3 is 4.74 Å². The van der Waals surface area contributed by atoms with E-state index >= 15 is 0 Å². The Morgan fingerprint density at radius 1 is 1.06 bits per heavy atom. The average molecular weight is 471 g/mol. The van der Waals surface area contributed by atoms with Crippen LogP contribution in [-0.2, 0) is 9.84 Å². The number of sulfone groups is 1. The Labute approximate surface area is 192 Å². The summed E-state index contributed by atoms with van der Waals surface area (Å²) in [6, 6.07) is 13.5. The van der Waals surface area contributed by atoms with Crippen LogP contribution in [0.5, 0.6) is 5.75 Å². The van der Waals surface area contributed by atoms with E-state index in [1.54, 1.807) is 44.4 Å². The second-order valence-electron chi connectivity index (χ2n) is 8.38. The second kappa shape index (κ2) is 8.63. The minimum atomic E-state index is -3.22. The molecule has 0 amide bonds. The number of nitrogens with zero attached hydrogens (tertiary/aromatic N) is 4. The number of fused-ring (bicyclic) bond motifs is 2. The van der Waals surface area contributed by atoms with Gasteiger partial charge in [0, 0.05) is 18.1 Å². The topological polar surface area (TPSA) is 85.3 Å². The smallest absolute Gasteiger partial charge is 0.232 e. The van der Waals surface area contributed by atoms with Crippen LogP contribution in [-0.4, -0.2) is 47.0 Å². The zero-order chi connectivity index (χ0) is 22.9.